The summed E-state index contributed by atoms with van der Waals surface area (Å²) >= 11 is 6.47. The van der Waals surface area contributed by atoms with Crippen molar-refractivity contribution in [3.05, 3.63) is 82.4 Å². The molecule has 1 N–H and O–H groups in total. The molecule has 4 aromatic rings. The number of halogens is 2. The second kappa shape index (κ2) is 9.28. The Morgan fingerprint density at radius 1 is 1.12 bits per heavy atom. The van der Waals surface area contributed by atoms with Crippen LogP contribution in [0.5, 0.6) is 11.5 Å². The minimum atomic E-state index is -0.272. The Kier molecular flexibility index (Phi) is 6.28. The van der Waals surface area contributed by atoms with Gasteiger partial charge in [-0.25, -0.2) is 9.37 Å². The van der Waals surface area contributed by atoms with Gasteiger partial charge < -0.3 is 19.4 Å². The summed E-state index contributed by atoms with van der Waals surface area (Å²) in [7, 11) is 3.00. The van der Waals surface area contributed by atoms with Gasteiger partial charge >= 0.3 is 0 Å². The Labute approximate surface area is 189 Å². The van der Waals surface area contributed by atoms with Gasteiger partial charge in [-0.15, -0.1) is 0 Å². The monoisotopic (exact) mass is 453 g/mol. The lowest BCUT2D eigenvalue weighted by Gasteiger charge is -2.20. The summed E-state index contributed by atoms with van der Waals surface area (Å²) in [5, 5.41) is 0.266. The van der Waals surface area contributed by atoms with Crippen LogP contribution in [0.2, 0.25) is 5.02 Å². The maximum atomic E-state index is 13.6. The average molecular weight is 454 g/mol. The van der Waals surface area contributed by atoms with Crippen LogP contribution < -0.4 is 14.4 Å². The van der Waals surface area contributed by atoms with Crippen molar-refractivity contribution in [2.24, 2.45) is 0 Å². The third-order valence-electron chi connectivity index (χ3n) is 5.15. The number of imidazole rings is 1. The molecule has 1 amide bonds. The highest BCUT2D eigenvalue weighted by Crippen LogP contribution is 2.41. The molecule has 0 bridgehead atoms. The van der Waals surface area contributed by atoms with E-state index >= 15 is 0 Å². The Morgan fingerprint density at radius 3 is 2.66 bits per heavy atom. The molecule has 4 rings (SSSR count). The number of benzene rings is 3. The van der Waals surface area contributed by atoms with Crippen LogP contribution in [0.15, 0.2) is 54.6 Å². The Morgan fingerprint density at radius 2 is 1.94 bits per heavy atom. The van der Waals surface area contributed by atoms with E-state index in [2.05, 4.69) is 4.98 Å². The molecule has 6 nitrogen and oxygen atoms in total. The minimum absolute atomic E-state index is 0.173. The van der Waals surface area contributed by atoms with E-state index in [1.807, 2.05) is 24.3 Å². The predicted octanol–water partition coefficient (Wildman–Crippen LogP) is 5.13. The number of hydrogen-bond acceptors (Lipinski definition) is 4. The number of nitrogens with one attached hydrogen (secondary N) is 1. The number of hydrogen-bond donors (Lipinski definition) is 1. The van der Waals surface area contributed by atoms with Gasteiger partial charge in [-0.3, -0.25) is 4.79 Å². The molecular weight excluding hydrogens is 433 g/mol. The normalized spacial score (nSPS) is 10.9. The molecule has 32 heavy (non-hydrogen) atoms. The van der Waals surface area contributed by atoms with Crippen LogP contribution in [0.1, 0.15) is 17.0 Å². The van der Waals surface area contributed by atoms with E-state index in [9.17, 15) is 9.18 Å². The third-order valence-corrected chi connectivity index (χ3v) is 5.52. The van der Waals surface area contributed by atoms with Gasteiger partial charge in [0.1, 0.15) is 16.7 Å². The number of aromatic amines is 1. The molecule has 1 aromatic heterocycles. The molecule has 0 radical (unpaired) electrons. The first kappa shape index (κ1) is 21.6. The SMILES string of the molecule is COc1ccc(N(C=O)Cc2nc3c(Cc4cccc(F)c4)cccc3[nH]2)c(Cl)c1OC. The lowest BCUT2D eigenvalue weighted by atomic mass is 10.0. The number of para-hydroxylation sites is 1. The molecule has 0 atom stereocenters. The van der Waals surface area contributed by atoms with E-state index in [0.717, 1.165) is 22.2 Å². The number of carbonyl (C=O) groups is 1. The van der Waals surface area contributed by atoms with Gasteiger partial charge in [0.05, 0.1) is 37.5 Å². The number of rotatable bonds is 8. The topological polar surface area (TPSA) is 67.5 Å². The maximum absolute atomic E-state index is 13.6. The largest absolute Gasteiger partial charge is 0.493 e. The fraction of sp³-hybridized carbons (Fsp3) is 0.167. The number of methoxy groups -OCH3 is 2. The number of fused-ring (bicyclic) bond motifs is 1. The highest BCUT2D eigenvalue weighted by atomic mass is 35.5. The van der Waals surface area contributed by atoms with E-state index in [1.54, 1.807) is 18.2 Å². The molecular formula is C24H21ClFN3O3. The highest BCUT2D eigenvalue weighted by Gasteiger charge is 2.19. The average Bonchev–Trinajstić information content (AvgIpc) is 3.21. The fourth-order valence-electron chi connectivity index (χ4n) is 3.67. The van der Waals surface area contributed by atoms with Crippen molar-refractivity contribution in [2.45, 2.75) is 13.0 Å². The Balaban J connectivity index is 1.65. The van der Waals surface area contributed by atoms with Gasteiger partial charge in [0.15, 0.2) is 11.5 Å². The summed E-state index contributed by atoms with van der Waals surface area (Å²) in [6.07, 6.45) is 1.23. The van der Waals surface area contributed by atoms with Crippen molar-refractivity contribution in [3.8, 4) is 11.5 Å². The summed E-state index contributed by atoms with van der Waals surface area (Å²) in [5.74, 6) is 1.13. The molecule has 0 saturated heterocycles. The van der Waals surface area contributed by atoms with Gasteiger partial charge in [0.2, 0.25) is 6.41 Å². The third kappa shape index (κ3) is 4.24. The van der Waals surface area contributed by atoms with Crippen molar-refractivity contribution >= 4 is 34.7 Å². The quantitative estimate of drug-likeness (QED) is 0.376. The van der Waals surface area contributed by atoms with Crippen molar-refractivity contribution < 1.29 is 18.7 Å². The van der Waals surface area contributed by atoms with E-state index < -0.39 is 0 Å². The van der Waals surface area contributed by atoms with Crippen molar-refractivity contribution in [1.29, 1.82) is 0 Å². The zero-order valence-electron chi connectivity index (χ0n) is 17.6. The number of ether oxygens (including phenoxy) is 2. The van der Waals surface area contributed by atoms with Crippen molar-refractivity contribution in [3.63, 3.8) is 0 Å². The molecule has 1 heterocycles. The van der Waals surface area contributed by atoms with E-state index in [0.29, 0.717) is 35.8 Å². The summed E-state index contributed by atoms with van der Waals surface area (Å²) in [6, 6.07) is 15.7. The van der Waals surface area contributed by atoms with Crippen LogP contribution in [0.25, 0.3) is 11.0 Å². The minimum Gasteiger partial charge on any atom is -0.493 e. The van der Waals surface area contributed by atoms with E-state index in [-0.39, 0.29) is 17.4 Å². The highest BCUT2D eigenvalue weighted by molar-refractivity contribution is 6.35. The van der Waals surface area contributed by atoms with E-state index in [1.165, 1.54) is 31.3 Å². The second-order valence-corrected chi connectivity index (χ2v) is 7.55. The van der Waals surface area contributed by atoms with Crippen LogP contribution in [0.3, 0.4) is 0 Å². The smallest absolute Gasteiger partial charge is 0.214 e. The second-order valence-electron chi connectivity index (χ2n) is 7.17. The van der Waals surface area contributed by atoms with Crippen molar-refractivity contribution in [1.82, 2.24) is 9.97 Å². The summed E-state index contributed by atoms with van der Waals surface area (Å²) < 4.78 is 24.2. The van der Waals surface area contributed by atoms with Crippen molar-refractivity contribution in [2.75, 3.05) is 19.1 Å². The number of anilines is 1. The summed E-state index contributed by atoms with van der Waals surface area (Å²) in [6.45, 7) is 0.173. The number of carbonyl (C=O) groups excluding carboxylic acids is 1. The van der Waals surface area contributed by atoms with Crippen LogP contribution in [0, 0.1) is 5.82 Å². The number of amides is 1. The van der Waals surface area contributed by atoms with E-state index in [4.69, 9.17) is 26.1 Å². The zero-order chi connectivity index (χ0) is 22.7. The van der Waals surface area contributed by atoms with Gasteiger partial charge in [0.25, 0.3) is 0 Å². The molecule has 0 unspecified atom stereocenters. The van der Waals surface area contributed by atoms with Gasteiger partial charge in [-0.1, -0.05) is 35.9 Å². The molecule has 0 aliphatic heterocycles. The zero-order valence-corrected chi connectivity index (χ0v) is 18.3. The predicted molar refractivity (Wildman–Crippen MR) is 122 cm³/mol. The van der Waals surface area contributed by atoms with Crippen LogP contribution in [-0.4, -0.2) is 30.6 Å². The first-order chi connectivity index (χ1) is 15.5. The maximum Gasteiger partial charge on any atom is 0.214 e. The Hall–Kier alpha value is -3.58. The molecule has 0 fully saturated rings. The molecule has 164 valence electrons. The van der Waals surface area contributed by atoms with Gasteiger partial charge in [-0.05, 0) is 47.9 Å². The van der Waals surface area contributed by atoms with Crippen LogP contribution >= 0.6 is 11.6 Å². The lowest BCUT2D eigenvalue weighted by Crippen LogP contribution is -2.21. The fourth-order valence-corrected chi connectivity index (χ4v) is 4.01. The van der Waals surface area contributed by atoms with Gasteiger partial charge in [0, 0.05) is 0 Å². The molecule has 0 aliphatic carbocycles. The molecule has 0 aliphatic rings. The van der Waals surface area contributed by atoms with Crippen LogP contribution in [0.4, 0.5) is 10.1 Å². The molecule has 0 saturated carbocycles. The molecule has 0 spiro atoms. The molecule has 8 heteroatoms. The summed E-state index contributed by atoms with van der Waals surface area (Å²) in [4.78, 5) is 21.3. The first-order valence-electron chi connectivity index (χ1n) is 9.87. The number of H-pyrrole nitrogens is 1. The molecule has 3 aromatic carbocycles. The summed E-state index contributed by atoms with van der Waals surface area (Å²) in [5.41, 5.74) is 3.89. The first-order valence-corrected chi connectivity index (χ1v) is 10.2. The lowest BCUT2D eigenvalue weighted by molar-refractivity contribution is -0.107. The number of nitrogens with zero attached hydrogens (tertiary/aromatic N) is 2. The van der Waals surface area contributed by atoms with Gasteiger partial charge in [-0.2, -0.15) is 0 Å². The number of aromatic nitrogens is 2. The Bertz CT molecular complexity index is 1270. The standard InChI is InChI=1S/C24H21ClFN3O3/c1-31-20-10-9-19(22(25)24(20)32-2)29(14-30)13-21-27-18-8-4-6-16(23(18)28-21)11-15-5-3-7-17(26)12-15/h3-10,12,14H,11,13H2,1-2H3,(H,27,28). The van der Waals surface area contributed by atoms with Crippen LogP contribution in [-0.2, 0) is 17.8 Å².